The monoisotopic (exact) mass is 261 g/mol. The number of hydrogen-bond donors (Lipinski definition) is 1. The molecule has 3 rings (SSSR count). The highest BCUT2D eigenvalue weighted by Crippen LogP contribution is 2.30. The van der Waals surface area contributed by atoms with E-state index in [1.807, 2.05) is 10.8 Å². The summed E-state index contributed by atoms with van der Waals surface area (Å²) in [6, 6.07) is 6.38. The van der Waals surface area contributed by atoms with Gasteiger partial charge in [-0.2, -0.15) is 0 Å². The Morgan fingerprint density at radius 2 is 2.11 bits per heavy atom. The summed E-state index contributed by atoms with van der Waals surface area (Å²) in [6.45, 7) is 2.21. The molecule has 1 N–H and O–H groups in total. The third-order valence-electron chi connectivity index (χ3n) is 3.56. The molecule has 2 heterocycles. The van der Waals surface area contributed by atoms with Gasteiger partial charge in [-0.25, -0.2) is 4.98 Å². The molecule has 2 aromatic rings. The second kappa shape index (κ2) is 5.12. The van der Waals surface area contributed by atoms with Gasteiger partial charge in [0.2, 0.25) is 0 Å². The largest absolute Gasteiger partial charge is 0.317 e. The average molecular weight is 262 g/mol. The van der Waals surface area contributed by atoms with Crippen LogP contribution in [-0.2, 0) is 0 Å². The van der Waals surface area contributed by atoms with Crippen molar-refractivity contribution in [2.24, 2.45) is 0 Å². The Balaban J connectivity index is 1.89. The van der Waals surface area contributed by atoms with Crippen LogP contribution in [0.15, 0.2) is 36.9 Å². The predicted octanol–water partition coefficient (Wildman–Crippen LogP) is 2.99. The summed E-state index contributed by atoms with van der Waals surface area (Å²) in [5.41, 5.74) is 2.34. The van der Waals surface area contributed by atoms with E-state index >= 15 is 0 Å². The Morgan fingerprint density at radius 3 is 2.78 bits per heavy atom. The van der Waals surface area contributed by atoms with Crippen LogP contribution in [0.3, 0.4) is 0 Å². The topological polar surface area (TPSA) is 29.9 Å². The summed E-state index contributed by atoms with van der Waals surface area (Å²) < 4.78 is 1.94. The molecule has 0 bridgehead atoms. The number of nitrogens with zero attached hydrogens (tertiary/aromatic N) is 2. The maximum Gasteiger partial charge on any atom is 0.0992 e. The molecule has 1 aliphatic heterocycles. The first-order valence-electron chi connectivity index (χ1n) is 6.33. The molecule has 0 radical (unpaired) electrons. The van der Waals surface area contributed by atoms with Crippen LogP contribution in [0.4, 0.5) is 0 Å². The number of piperidine rings is 1. The Morgan fingerprint density at radius 1 is 1.28 bits per heavy atom. The van der Waals surface area contributed by atoms with Crippen molar-refractivity contribution >= 4 is 11.6 Å². The summed E-state index contributed by atoms with van der Waals surface area (Å²) in [5, 5.41) is 4.18. The summed E-state index contributed by atoms with van der Waals surface area (Å²) in [5.74, 6) is 0.639. The van der Waals surface area contributed by atoms with Gasteiger partial charge in [-0.3, -0.25) is 0 Å². The van der Waals surface area contributed by atoms with E-state index in [0.29, 0.717) is 5.92 Å². The van der Waals surface area contributed by atoms with Crippen LogP contribution in [0.5, 0.6) is 0 Å². The van der Waals surface area contributed by atoms with E-state index in [0.717, 1.165) is 23.8 Å². The van der Waals surface area contributed by atoms with Crippen molar-refractivity contribution in [1.29, 1.82) is 0 Å². The molecule has 0 aliphatic carbocycles. The lowest BCUT2D eigenvalue weighted by molar-refractivity contribution is 0.460. The van der Waals surface area contributed by atoms with Gasteiger partial charge in [0.1, 0.15) is 0 Å². The number of halogens is 1. The minimum atomic E-state index is 0.639. The average Bonchev–Trinajstić information content (AvgIpc) is 2.93. The molecule has 4 heteroatoms. The van der Waals surface area contributed by atoms with E-state index in [2.05, 4.69) is 28.5 Å². The number of benzene rings is 1. The van der Waals surface area contributed by atoms with Gasteiger partial charge in [0.05, 0.1) is 17.0 Å². The van der Waals surface area contributed by atoms with Gasteiger partial charge in [-0.1, -0.05) is 17.7 Å². The lowest BCUT2D eigenvalue weighted by Gasteiger charge is -2.23. The van der Waals surface area contributed by atoms with E-state index in [-0.39, 0.29) is 0 Å². The SMILES string of the molecule is Clc1cc(C2CCNCC2)ccc1-n1ccnc1. The first-order chi connectivity index (χ1) is 8.84. The van der Waals surface area contributed by atoms with Crippen molar-refractivity contribution in [3.8, 4) is 5.69 Å². The molecule has 1 saturated heterocycles. The Hall–Kier alpha value is -1.32. The third kappa shape index (κ3) is 2.28. The van der Waals surface area contributed by atoms with Gasteiger partial charge < -0.3 is 9.88 Å². The highest BCUT2D eigenvalue weighted by atomic mass is 35.5. The molecule has 0 atom stereocenters. The van der Waals surface area contributed by atoms with Gasteiger partial charge >= 0.3 is 0 Å². The highest BCUT2D eigenvalue weighted by molar-refractivity contribution is 6.32. The van der Waals surface area contributed by atoms with Gasteiger partial charge in [-0.05, 0) is 49.5 Å². The second-order valence-electron chi connectivity index (χ2n) is 4.71. The fourth-order valence-corrected chi connectivity index (χ4v) is 2.83. The van der Waals surface area contributed by atoms with Gasteiger partial charge in [0.15, 0.2) is 0 Å². The van der Waals surface area contributed by atoms with Crippen molar-refractivity contribution in [1.82, 2.24) is 14.9 Å². The molecule has 94 valence electrons. The first kappa shape index (κ1) is 11.8. The maximum atomic E-state index is 6.38. The molecule has 3 nitrogen and oxygen atoms in total. The van der Waals surface area contributed by atoms with E-state index in [4.69, 9.17) is 11.6 Å². The minimum Gasteiger partial charge on any atom is -0.317 e. The first-order valence-corrected chi connectivity index (χ1v) is 6.71. The van der Waals surface area contributed by atoms with Crippen molar-refractivity contribution in [2.75, 3.05) is 13.1 Å². The fraction of sp³-hybridized carbons (Fsp3) is 0.357. The van der Waals surface area contributed by atoms with Crippen LogP contribution >= 0.6 is 11.6 Å². The van der Waals surface area contributed by atoms with Gasteiger partial charge in [0.25, 0.3) is 0 Å². The van der Waals surface area contributed by atoms with E-state index in [9.17, 15) is 0 Å². The van der Waals surface area contributed by atoms with Gasteiger partial charge in [0, 0.05) is 12.4 Å². The van der Waals surface area contributed by atoms with Crippen molar-refractivity contribution in [3.63, 3.8) is 0 Å². The van der Waals surface area contributed by atoms with Crippen LogP contribution in [0.1, 0.15) is 24.3 Å². The fourth-order valence-electron chi connectivity index (χ4n) is 2.54. The summed E-state index contributed by atoms with van der Waals surface area (Å²) in [7, 11) is 0. The maximum absolute atomic E-state index is 6.38. The minimum absolute atomic E-state index is 0.639. The summed E-state index contributed by atoms with van der Waals surface area (Å²) in [6.07, 6.45) is 7.83. The standard InChI is InChI=1S/C14H16ClN3/c15-13-9-12(11-3-5-16-6-4-11)1-2-14(13)18-8-7-17-10-18/h1-2,7-11,16H,3-6H2. The smallest absolute Gasteiger partial charge is 0.0992 e. The Kier molecular flexibility index (Phi) is 3.35. The highest BCUT2D eigenvalue weighted by Gasteiger charge is 2.16. The van der Waals surface area contributed by atoms with Crippen LogP contribution < -0.4 is 5.32 Å². The number of imidazole rings is 1. The number of hydrogen-bond acceptors (Lipinski definition) is 2. The van der Waals surface area contributed by atoms with E-state index in [1.165, 1.54) is 18.4 Å². The molecular formula is C14H16ClN3. The van der Waals surface area contributed by atoms with E-state index < -0.39 is 0 Å². The second-order valence-corrected chi connectivity index (χ2v) is 5.11. The molecule has 18 heavy (non-hydrogen) atoms. The molecular weight excluding hydrogens is 246 g/mol. The third-order valence-corrected chi connectivity index (χ3v) is 3.87. The Bertz CT molecular complexity index is 516. The van der Waals surface area contributed by atoms with Gasteiger partial charge in [-0.15, -0.1) is 0 Å². The lowest BCUT2D eigenvalue weighted by atomic mass is 9.90. The quantitative estimate of drug-likeness (QED) is 0.901. The van der Waals surface area contributed by atoms with Crippen molar-refractivity contribution in [2.45, 2.75) is 18.8 Å². The normalized spacial score (nSPS) is 16.9. The van der Waals surface area contributed by atoms with Crippen molar-refractivity contribution < 1.29 is 0 Å². The number of nitrogens with one attached hydrogen (secondary N) is 1. The predicted molar refractivity (Wildman–Crippen MR) is 73.4 cm³/mol. The van der Waals surface area contributed by atoms with Crippen LogP contribution in [0.2, 0.25) is 5.02 Å². The van der Waals surface area contributed by atoms with Crippen LogP contribution in [0.25, 0.3) is 5.69 Å². The number of rotatable bonds is 2. The zero-order chi connectivity index (χ0) is 12.4. The summed E-state index contributed by atoms with van der Waals surface area (Å²) >= 11 is 6.38. The Labute approximate surface area is 112 Å². The lowest BCUT2D eigenvalue weighted by Crippen LogP contribution is -2.26. The van der Waals surface area contributed by atoms with E-state index in [1.54, 1.807) is 12.5 Å². The molecule has 1 aliphatic rings. The molecule has 0 unspecified atom stereocenters. The zero-order valence-corrected chi connectivity index (χ0v) is 10.9. The molecule has 0 spiro atoms. The zero-order valence-electron chi connectivity index (χ0n) is 10.1. The molecule has 0 amide bonds. The molecule has 1 aromatic carbocycles. The molecule has 1 fully saturated rings. The summed E-state index contributed by atoms with van der Waals surface area (Å²) in [4.78, 5) is 4.05. The van der Waals surface area contributed by atoms with Crippen LogP contribution in [0, 0.1) is 0 Å². The number of aromatic nitrogens is 2. The molecule has 1 aromatic heterocycles. The van der Waals surface area contributed by atoms with Crippen molar-refractivity contribution in [3.05, 3.63) is 47.5 Å². The van der Waals surface area contributed by atoms with Crippen LogP contribution in [-0.4, -0.2) is 22.6 Å². The molecule has 0 saturated carbocycles.